The Kier molecular flexibility index (Phi) is 4.02. The molecule has 0 heterocycles. The smallest absolute Gasteiger partial charge is 0.263 e. The highest BCUT2D eigenvalue weighted by Crippen LogP contribution is 2.28. The SMILES string of the molecule is Nc1cc(S(=O)(=O)Nc2ccc(F)cc2F)c(Cl)cc1F. The lowest BCUT2D eigenvalue weighted by Gasteiger charge is -2.11. The van der Waals surface area contributed by atoms with Crippen molar-refractivity contribution in [2.24, 2.45) is 0 Å². The van der Waals surface area contributed by atoms with Gasteiger partial charge in [-0.2, -0.15) is 0 Å². The highest BCUT2D eigenvalue weighted by molar-refractivity contribution is 7.92. The summed E-state index contributed by atoms with van der Waals surface area (Å²) in [5.41, 5.74) is 4.37. The van der Waals surface area contributed by atoms with Gasteiger partial charge in [-0.05, 0) is 24.3 Å². The van der Waals surface area contributed by atoms with Crippen molar-refractivity contribution < 1.29 is 21.6 Å². The van der Waals surface area contributed by atoms with E-state index in [1.54, 1.807) is 0 Å². The predicted molar refractivity (Wildman–Crippen MR) is 73.0 cm³/mol. The third-order valence-electron chi connectivity index (χ3n) is 2.52. The van der Waals surface area contributed by atoms with Gasteiger partial charge in [0.15, 0.2) is 0 Å². The number of hydrogen-bond acceptors (Lipinski definition) is 3. The third kappa shape index (κ3) is 3.22. The van der Waals surface area contributed by atoms with Crippen LogP contribution in [-0.2, 0) is 10.0 Å². The molecule has 0 atom stereocenters. The molecule has 0 radical (unpaired) electrons. The van der Waals surface area contributed by atoms with Crippen LogP contribution in [0.5, 0.6) is 0 Å². The highest BCUT2D eigenvalue weighted by Gasteiger charge is 2.21. The molecule has 0 saturated heterocycles. The van der Waals surface area contributed by atoms with Crippen LogP contribution in [0.4, 0.5) is 24.5 Å². The van der Waals surface area contributed by atoms with Crippen LogP contribution in [0, 0.1) is 17.5 Å². The zero-order valence-corrected chi connectivity index (χ0v) is 11.8. The summed E-state index contributed by atoms with van der Waals surface area (Å²) < 4.78 is 65.4. The van der Waals surface area contributed by atoms with Crippen LogP contribution >= 0.6 is 11.6 Å². The van der Waals surface area contributed by atoms with Gasteiger partial charge >= 0.3 is 0 Å². The first-order valence-electron chi connectivity index (χ1n) is 5.43. The summed E-state index contributed by atoms with van der Waals surface area (Å²) in [5.74, 6) is -2.85. The summed E-state index contributed by atoms with van der Waals surface area (Å²) >= 11 is 5.65. The summed E-state index contributed by atoms with van der Waals surface area (Å²) in [5, 5.41) is -0.420. The van der Waals surface area contributed by atoms with Crippen LogP contribution in [0.1, 0.15) is 0 Å². The molecule has 2 rings (SSSR count). The maximum absolute atomic E-state index is 13.5. The normalized spacial score (nSPS) is 11.4. The summed E-state index contributed by atoms with van der Waals surface area (Å²) in [6.45, 7) is 0. The van der Waals surface area contributed by atoms with E-state index in [1.165, 1.54) is 0 Å². The Morgan fingerprint density at radius 1 is 1.05 bits per heavy atom. The minimum Gasteiger partial charge on any atom is -0.396 e. The Hall–Kier alpha value is -1.93. The van der Waals surface area contributed by atoms with Crippen molar-refractivity contribution in [1.82, 2.24) is 0 Å². The van der Waals surface area contributed by atoms with E-state index in [2.05, 4.69) is 0 Å². The van der Waals surface area contributed by atoms with Crippen LogP contribution in [-0.4, -0.2) is 8.42 Å². The summed E-state index contributed by atoms with van der Waals surface area (Å²) in [6.07, 6.45) is 0. The lowest BCUT2D eigenvalue weighted by atomic mass is 10.3. The van der Waals surface area contributed by atoms with E-state index in [9.17, 15) is 21.6 Å². The van der Waals surface area contributed by atoms with Crippen LogP contribution in [0.25, 0.3) is 0 Å². The maximum Gasteiger partial charge on any atom is 0.263 e. The van der Waals surface area contributed by atoms with Crippen LogP contribution in [0.3, 0.4) is 0 Å². The molecule has 0 spiro atoms. The van der Waals surface area contributed by atoms with Gasteiger partial charge in [-0.1, -0.05) is 11.6 Å². The summed E-state index contributed by atoms with van der Waals surface area (Å²) in [6, 6.07) is 3.83. The molecule has 0 unspecified atom stereocenters. The fourth-order valence-corrected chi connectivity index (χ4v) is 3.14. The molecule has 2 aromatic carbocycles. The van der Waals surface area contributed by atoms with E-state index in [-0.39, 0.29) is 0 Å². The van der Waals surface area contributed by atoms with E-state index in [1.807, 2.05) is 4.72 Å². The van der Waals surface area contributed by atoms with Crippen molar-refractivity contribution in [3.05, 3.63) is 52.8 Å². The molecule has 0 saturated carbocycles. The second kappa shape index (κ2) is 5.45. The summed E-state index contributed by atoms with van der Waals surface area (Å²) in [7, 11) is -4.31. The Balaban J connectivity index is 2.46. The molecule has 0 amide bonds. The number of anilines is 2. The Bertz CT molecular complexity index is 812. The van der Waals surface area contributed by atoms with E-state index in [0.29, 0.717) is 6.07 Å². The molecule has 4 nitrogen and oxygen atoms in total. The average molecular weight is 337 g/mol. The zero-order valence-electron chi connectivity index (χ0n) is 10.2. The van der Waals surface area contributed by atoms with Crippen molar-refractivity contribution in [2.75, 3.05) is 10.5 Å². The van der Waals surface area contributed by atoms with Crippen molar-refractivity contribution in [3.63, 3.8) is 0 Å². The topological polar surface area (TPSA) is 72.2 Å². The third-order valence-corrected chi connectivity index (χ3v) is 4.35. The minimum atomic E-state index is -4.31. The molecule has 3 N–H and O–H groups in total. The molecule has 9 heteroatoms. The standard InChI is InChI=1S/C12H8ClF3N2O2S/c13-7-4-8(15)10(17)5-12(7)21(19,20)18-11-2-1-6(14)3-9(11)16/h1-5,18H,17H2. The Morgan fingerprint density at radius 2 is 1.71 bits per heavy atom. The first kappa shape index (κ1) is 15.5. The van der Waals surface area contributed by atoms with Gasteiger partial charge in [0.05, 0.1) is 16.4 Å². The molecule has 21 heavy (non-hydrogen) atoms. The van der Waals surface area contributed by atoms with Gasteiger partial charge in [0.1, 0.15) is 22.3 Å². The minimum absolute atomic E-state index is 0.420. The molecule has 2 aromatic rings. The van der Waals surface area contributed by atoms with Gasteiger partial charge in [-0.25, -0.2) is 21.6 Å². The molecular weight excluding hydrogens is 329 g/mol. The Morgan fingerprint density at radius 3 is 2.33 bits per heavy atom. The number of hydrogen-bond donors (Lipinski definition) is 2. The van der Waals surface area contributed by atoms with Gasteiger partial charge in [-0.15, -0.1) is 0 Å². The van der Waals surface area contributed by atoms with Gasteiger partial charge in [0.2, 0.25) is 0 Å². The number of nitrogens with two attached hydrogens (primary N) is 1. The van der Waals surface area contributed by atoms with Gasteiger partial charge in [0.25, 0.3) is 10.0 Å². The second-order valence-corrected chi connectivity index (χ2v) is 6.09. The fraction of sp³-hybridized carbons (Fsp3) is 0. The maximum atomic E-state index is 13.5. The van der Waals surface area contributed by atoms with Crippen molar-refractivity contribution in [1.29, 1.82) is 0 Å². The lowest BCUT2D eigenvalue weighted by molar-refractivity contribution is 0.582. The van der Waals surface area contributed by atoms with Crippen molar-refractivity contribution in [2.45, 2.75) is 4.90 Å². The zero-order chi connectivity index (χ0) is 15.8. The first-order valence-corrected chi connectivity index (χ1v) is 7.29. The predicted octanol–water partition coefficient (Wildman–Crippen LogP) is 3.14. The highest BCUT2D eigenvalue weighted by atomic mass is 35.5. The average Bonchev–Trinajstić information content (AvgIpc) is 2.37. The van der Waals surface area contributed by atoms with Crippen LogP contribution < -0.4 is 10.5 Å². The van der Waals surface area contributed by atoms with E-state index in [4.69, 9.17) is 17.3 Å². The van der Waals surface area contributed by atoms with Gasteiger partial charge in [-0.3, -0.25) is 4.72 Å². The first-order chi connectivity index (χ1) is 9.70. The Labute approximate surface area is 123 Å². The second-order valence-electron chi connectivity index (χ2n) is 4.03. The van der Waals surface area contributed by atoms with Gasteiger partial charge in [0, 0.05) is 6.07 Å². The number of halogens is 4. The molecule has 0 aliphatic heterocycles. The number of nitrogens with one attached hydrogen (secondary N) is 1. The van der Waals surface area contributed by atoms with Crippen LogP contribution in [0.2, 0.25) is 5.02 Å². The fourth-order valence-electron chi connectivity index (χ4n) is 1.52. The quantitative estimate of drug-likeness (QED) is 0.846. The molecule has 0 fully saturated rings. The monoisotopic (exact) mass is 336 g/mol. The molecule has 0 bridgehead atoms. The van der Waals surface area contributed by atoms with Crippen LogP contribution in [0.15, 0.2) is 35.2 Å². The number of sulfonamides is 1. The largest absolute Gasteiger partial charge is 0.396 e. The molecule has 112 valence electrons. The van der Waals surface area contributed by atoms with Crippen molar-refractivity contribution >= 4 is 33.0 Å². The lowest BCUT2D eigenvalue weighted by Crippen LogP contribution is -2.15. The molecule has 0 aliphatic rings. The number of rotatable bonds is 3. The molecule has 0 aromatic heterocycles. The number of nitrogen functional groups attached to an aromatic ring is 1. The summed E-state index contributed by atoms with van der Waals surface area (Å²) in [4.78, 5) is -0.521. The molecular formula is C12H8ClF3N2O2S. The molecule has 0 aliphatic carbocycles. The van der Waals surface area contributed by atoms with E-state index in [0.717, 1.165) is 24.3 Å². The van der Waals surface area contributed by atoms with E-state index >= 15 is 0 Å². The number of benzene rings is 2. The van der Waals surface area contributed by atoms with Gasteiger partial charge < -0.3 is 5.73 Å². The van der Waals surface area contributed by atoms with E-state index < -0.39 is 48.8 Å². The van der Waals surface area contributed by atoms with Crippen molar-refractivity contribution in [3.8, 4) is 0 Å².